The molecule has 2 atom stereocenters. The fraction of sp³-hybridized carbons (Fsp3) is 0.565. The number of benzene rings is 1. The molecule has 1 unspecified atom stereocenters. The van der Waals surface area contributed by atoms with Crippen LogP contribution in [-0.4, -0.2) is 41.4 Å². The number of ether oxygens (including phenoxy) is 1. The van der Waals surface area contributed by atoms with Gasteiger partial charge in [0.15, 0.2) is 6.29 Å². The number of carbonyl (C=O) groups is 2. The molecule has 0 aromatic heterocycles. The minimum atomic E-state index is -1.08. The van der Waals surface area contributed by atoms with Gasteiger partial charge < -0.3 is 20.5 Å². The van der Waals surface area contributed by atoms with Crippen LogP contribution in [0.25, 0.3) is 6.08 Å². The van der Waals surface area contributed by atoms with E-state index in [0.717, 1.165) is 24.8 Å². The molecule has 1 aromatic rings. The molecule has 6 nitrogen and oxygen atoms in total. The Bertz CT molecular complexity index is 681. The molecule has 1 aromatic carbocycles. The van der Waals surface area contributed by atoms with Gasteiger partial charge in [-0.05, 0) is 37.3 Å². The number of nitrogens with one attached hydrogen (secondary N) is 2. The summed E-state index contributed by atoms with van der Waals surface area (Å²) in [7, 11) is 0. The van der Waals surface area contributed by atoms with Crippen molar-refractivity contribution in [3.63, 3.8) is 0 Å². The van der Waals surface area contributed by atoms with E-state index in [1.54, 1.807) is 13.0 Å². The second kappa shape index (κ2) is 11.1. The zero-order valence-corrected chi connectivity index (χ0v) is 17.7. The lowest BCUT2D eigenvalue weighted by Gasteiger charge is -2.38. The molecule has 1 aliphatic rings. The zero-order valence-electron chi connectivity index (χ0n) is 17.7. The van der Waals surface area contributed by atoms with Crippen LogP contribution in [0.4, 0.5) is 0 Å². The fourth-order valence-corrected chi connectivity index (χ4v) is 3.71. The third-order valence-corrected chi connectivity index (χ3v) is 5.39. The number of amides is 2. The topological polar surface area (TPSA) is 87.7 Å². The Balaban J connectivity index is 2.12. The predicted octanol–water partition coefficient (Wildman–Crippen LogP) is 3.01. The van der Waals surface area contributed by atoms with E-state index in [9.17, 15) is 14.7 Å². The number of hydrogen-bond donors (Lipinski definition) is 3. The van der Waals surface area contributed by atoms with Crippen LogP contribution < -0.4 is 10.6 Å². The second-order valence-corrected chi connectivity index (χ2v) is 7.97. The van der Waals surface area contributed by atoms with Gasteiger partial charge in [-0.1, -0.05) is 63.4 Å². The molecule has 0 bridgehead atoms. The van der Waals surface area contributed by atoms with Crippen molar-refractivity contribution in [1.29, 1.82) is 0 Å². The molecular formula is C23H34N2O4. The van der Waals surface area contributed by atoms with Crippen LogP contribution in [0.3, 0.4) is 0 Å². The van der Waals surface area contributed by atoms with Crippen LogP contribution >= 0.6 is 0 Å². The summed E-state index contributed by atoms with van der Waals surface area (Å²) in [6.07, 6.45) is 6.07. The van der Waals surface area contributed by atoms with Crippen molar-refractivity contribution in [2.75, 3.05) is 6.61 Å². The maximum absolute atomic E-state index is 13.2. The van der Waals surface area contributed by atoms with Gasteiger partial charge in [0.2, 0.25) is 11.8 Å². The molecule has 1 aliphatic carbocycles. The highest BCUT2D eigenvalue weighted by atomic mass is 16.6. The average molecular weight is 403 g/mol. The van der Waals surface area contributed by atoms with Gasteiger partial charge in [-0.2, -0.15) is 0 Å². The summed E-state index contributed by atoms with van der Waals surface area (Å²) in [5, 5.41) is 16.2. The summed E-state index contributed by atoms with van der Waals surface area (Å²) in [4.78, 5) is 25.8. The normalized spacial score (nSPS) is 18.4. The van der Waals surface area contributed by atoms with Crippen LogP contribution in [0.5, 0.6) is 0 Å². The van der Waals surface area contributed by atoms with Gasteiger partial charge in [-0.3, -0.25) is 9.59 Å². The summed E-state index contributed by atoms with van der Waals surface area (Å²) in [5.41, 5.74) is -0.0420. The van der Waals surface area contributed by atoms with Crippen molar-refractivity contribution in [2.24, 2.45) is 5.92 Å². The minimum absolute atomic E-state index is 0.0187. The van der Waals surface area contributed by atoms with Gasteiger partial charge in [-0.25, -0.2) is 0 Å². The van der Waals surface area contributed by atoms with Crippen LogP contribution in [0.2, 0.25) is 0 Å². The van der Waals surface area contributed by atoms with Crippen molar-refractivity contribution in [3.05, 3.63) is 42.0 Å². The number of rotatable bonds is 9. The Labute approximate surface area is 173 Å². The highest BCUT2D eigenvalue weighted by molar-refractivity contribution is 5.97. The van der Waals surface area contributed by atoms with Crippen LogP contribution in [-0.2, 0) is 14.3 Å². The van der Waals surface area contributed by atoms with Crippen LogP contribution in [0.15, 0.2) is 36.4 Å². The fourth-order valence-electron chi connectivity index (χ4n) is 3.71. The van der Waals surface area contributed by atoms with Gasteiger partial charge in [-0.15, -0.1) is 0 Å². The standard InChI is InChI=1S/C23H34N2O4/c1-4-29-21(27)20(17(2)3)24-22(28)23(15-9-6-10-16-23)25-19(26)14-13-18-11-7-5-8-12-18/h5,7-8,11-14,17,20-21,27H,4,6,9-10,15-16H2,1-3H3,(H,24,28)(H,25,26)/b14-13+/t20-,21?/m0/s1. The summed E-state index contributed by atoms with van der Waals surface area (Å²) in [6, 6.07) is 9.01. The van der Waals surface area contributed by atoms with E-state index >= 15 is 0 Å². The van der Waals surface area contributed by atoms with E-state index in [4.69, 9.17) is 4.74 Å². The molecular weight excluding hydrogens is 368 g/mol. The Morgan fingerprint density at radius 3 is 2.41 bits per heavy atom. The second-order valence-electron chi connectivity index (χ2n) is 7.97. The molecule has 29 heavy (non-hydrogen) atoms. The van der Waals surface area contributed by atoms with Gasteiger partial charge in [0.1, 0.15) is 5.54 Å². The minimum Gasteiger partial charge on any atom is -0.366 e. The highest BCUT2D eigenvalue weighted by Crippen LogP contribution is 2.29. The summed E-state index contributed by atoms with van der Waals surface area (Å²) < 4.78 is 5.30. The van der Waals surface area contributed by atoms with E-state index in [1.807, 2.05) is 44.2 Å². The van der Waals surface area contributed by atoms with Crippen LogP contribution in [0, 0.1) is 5.92 Å². The zero-order chi connectivity index (χ0) is 21.3. The number of aliphatic hydroxyl groups is 1. The lowest BCUT2D eigenvalue weighted by Crippen LogP contribution is -2.63. The largest absolute Gasteiger partial charge is 0.366 e. The number of carbonyl (C=O) groups excluding carboxylic acids is 2. The van der Waals surface area contributed by atoms with Crippen molar-refractivity contribution in [1.82, 2.24) is 10.6 Å². The smallest absolute Gasteiger partial charge is 0.246 e. The van der Waals surface area contributed by atoms with Crippen molar-refractivity contribution < 1.29 is 19.4 Å². The van der Waals surface area contributed by atoms with Gasteiger partial charge in [0.25, 0.3) is 0 Å². The molecule has 6 heteroatoms. The quantitative estimate of drug-likeness (QED) is 0.438. The molecule has 0 radical (unpaired) electrons. The maximum atomic E-state index is 13.2. The number of hydrogen-bond acceptors (Lipinski definition) is 4. The Morgan fingerprint density at radius 1 is 1.17 bits per heavy atom. The highest BCUT2D eigenvalue weighted by Gasteiger charge is 2.42. The van der Waals surface area contributed by atoms with Crippen molar-refractivity contribution >= 4 is 17.9 Å². The maximum Gasteiger partial charge on any atom is 0.246 e. The monoisotopic (exact) mass is 402 g/mol. The Hall–Kier alpha value is -2.18. The van der Waals surface area contributed by atoms with E-state index in [1.165, 1.54) is 6.08 Å². The number of aliphatic hydroxyl groups excluding tert-OH is 1. The lowest BCUT2D eigenvalue weighted by molar-refractivity contribution is -0.146. The van der Waals surface area contributed by atoms with Crippen molar-refractivity contribution in [2.45, 2.75) is 70.7 Å². The first-order valence-corrected chi connectivity index (χ1v) is 10.5. The van der Waals surface area contributed by atoms with E-state index < -0.39 is 17.9 Å². The van der Waals surface area contributed by atoms with Gasteiger partial charge in [0.05, 0.1) is 6.04 Å². The molecule has 2 amide bonds. The van der Waals surface area contributed by atoms with E-state index in [-0.39, 0.29) is 17.7 Å². The molecule has 1 fully saturated rings. The molecule has 0 saturated heterocycles. The summed E-state index contributed by atoms with van der Waals surface area (Å²) >= 11 is 0. The average Bonchev–Trinajstić information content (AvgIpc) is 2.71. The SMILES string of the molecule is CCOC(O)[C@@H](NC(=O)C1(NC(=O)/C=C/c2ccccc2)CCCCC1)C(C)C. The molecule has 1 saturated carbocycles. The van der Waals surface area contributed by atoms with Crippen molar-refractivity contribution in [3.8, 4) is 0 Å². The van der Waals surface area contributed by atoms with Crippen LogP contribution in [0.1, 0.15) is 58.4 Å². The Morgan fingerprint density at radius 2 is 1.83 bits per heavy atom. The Kier molecular flexibility index (Phi) is 8.86. The van der Waals surface area contributed by atoms with E-state index in [0.29, 0.717) is 19.4 Å². The third-order valence-electron chi connectivity index (χ3n) is 5.39. The molecule has 3 N–H and O–H groups in total. The molecule has 2 rings (SSSR count). The first-order chi connectivity index (χ1) is 13.9. The first-order valence-electron chi connectivity index (χ1n) is 10.5. The third kappa shape index (κ3) is 6.68. The molecule has 0 heterocycles. The first kappa shape index (κ1) is 23.1. The van der Waals surface area contributed by atoms with E-state index in [2.05, 4.69) is 10.6 Å². The molecule has 0 aliphatic heterocycles. The van der Waals surface area contributed by atoms with Gasteiger partial charge in [0, 0.05) is 12.7 Å². The van der Waals surface area contributed by atoms with Gasteiger partial charge >= 0.3 is 0 Å². The predicted molar refractivity (Wildman–Crippen MR) is 114 cm³/mol. The summed E-state index contributed by atoms with van der Waals surface area (Å²) in [6.45, 7) is 5.99. The lowest BCUT2D eigenvalue weighted by atomic mass is 9.80. The molecule has 0 spiro atoms. The molecule has 160 valence electrons. The summed E-state index contributed by atoms with van der Waals surface area (Å²) in [5.74, 6) is -0.566.